The van der Waals surface area contributed by atoms with Gasteiger partial charge in [-0.2, -0.15) is 0 Å². The second kappa shape index (κ2) is 4.55. The second-order valence-electron chi connectivity index (χ2n) is 7.43. The predicted octanol–water partition coefficient (Wildman–Crippen LogP) is 3.47. The van der Waals surface area contributed by atoms with Crippen LogP contribution in [0.1, 0.15) is 66.2 Å². The van der Waals surface area contributed by atoms with Gasteiger partial charge in [0, 0.05) is 6.04 Å². The Morgan fingerprint density at radius 3 is 2.00 bits per heavy atom. The maximum absolute atomic E-state index is 5.82. The maximum atomic E-state index is 5.82. The predicted molar refractivity (Wildman–Crippen MR) is 73.4 cm³/mol. The van der Waals surface area contributed by atoms with Crippen molar-refractivity contribution in [2.45, 2.75) is 72.3 Å². The molecule has 2 nitrogen and oxygen atoms in total. The van der Waals surface area contributed by atoms with Crippen molar-refractivity contribution in [2.75, 3.05) is 0 Å². The monoisotopic (exact) mass is 238 g/mol. The molecule has 0 aromatic carbocycles. The zero-order chi connectivity index (χ0) is 12.7. The molecule has 2 rings (SSSR count). The van der Waals surface area contributed by atoms with E-state index in [9.17, 15) is 0 Å². The summed E-state index contributed by atoms with van der Waals surface area (Å²) in [5.41, 5.74) is 4.01. The Balaban J connectivity index is 1.94. The summed E-state index contributed by atoms with van der Waals surface area (Å²) in [5, 5.41) is 0. The molecule has 0 saturated heterocycles. The third-order valence-electron chi connectivity index (χ3n) is 6.06. The molecule has 17 heavy (non-hydrogen) atoms. The van der Waals surface area contributed by atoms with Crippen molar-refractivity contribution in [3.8, 4) is 0 Å². The minimum absolute atomic E-state index is 0.443. The lowest BCUT2D eigenvalue weighted by Gasteiger charge is -2.27. The summed E-state index contributed by atoms with van der Waals surface area (Å²) in [7, 11) is 0. The van der Waals surface area contributed by atoms with E-state index < -0.39 is 0 Å². The molecule has 0 aromatic rings. The van der Waals surface area contributed by atoms with E-state index in [2.05, 4.69) is 33.1 Å². The van der Waals surface area contributed by atoms with Crippen molar-refractivity contribution in [3.05, 3.63) is 0 Å². The van der Waals surface area contributed by atoms with Crippen LogP contribution in [0.2, 0.25) is 0 Å². The van der Waals surface area contributed by atoms with Gasteiger partial charge in [-0.15, -0.1) is 0 Å². The van der Waals surface area contributed by atoms with E-state index in [1.54, 1.807) is 0 Å². The number of nitrogens with one attached hydrogen (secondary N) is 1. The van der Waals surface area contributed by atoms with Gasteiger partial charge in [-0.25, -0.2) is 0 Å². The van der Waals surface area contributed by atoms with Gasteiger partial charge in [0.25, 0.3) is 0 Å². The second-order valence-corrected chi connectivity index (χ2v) is 7.43. The van der Waals surface area contributed by atoms with Gasteiger partial charge in [0.05, 0.1) is 0 Å². The van der Waals surface area contributed by atoms with Crippen molar-refractivity contribution in [1.29, 1.82) is 0 Å². The lowest BCUT2D eigenvalue weighted by Crippen LogP contribution is -2.40. The van der Waals surface area contributed by atoms with Crippen LogP contribution in [0.25, 0.3) is 0 Å². The highest BCUT2D eigenvalue weighted by molar-refractivity contribution is 5.16. The van der Waals surface area contributed by atoms with E-state index in [1.165, 1.54) is 38.5 Å². The third kappa shape index (κ3) is 2.26. The lowest BCUT2D eigenvalue weighted by atomic mass is 9.83. The van der Waals surface area contributed by atoms with Crippen molar-refractivity contribution in [2.24, 2.45) is 28.5 Å². The van der Waals surface area contributed by atoms with Crippen LogP contribution in [0.3, 0.4) is 0 Å². The summed E-state index contributed by atoms with van der Waals surface area (Å²) in [4.78, 5) is 0. The average Bonchev–Trinajstić information content (AvgIpc) is 2.68. The van der Waals surface area contributed by atoms with Crippen LogP contribution in [0, 0.1) is 22.7 Å². The van der Waals surface area contributed by atoms with Crippen LogP contribution >= 0.6 is 0 Å². The third-order valence-corrected chi connectivity index (χ3v) is 6.06. The van der Waals surface area contributed by atoms with Gasteiger partial charge in [-0.05, 0) is 29.1 Å². The van der Waals surface area contributed by atoms with E-state index in [0.717, 1.165) is 11.8 Å². The molecule has 1 atom stereocenters. The van der Waals surface area contributed by atoms with E-state index in [1.807, 2.05) is 0 Å². The summed E-state index contributed by atoms with van der Waals surface area (Å²) in [6.45, 7) is 9.57. The number of rotatable bonds is 4. The quantitative estimate of drug-likeness (QED) is 0.581. The Morgan fingerprint density at radius 2 is 1.59 bits per heavy atom. The van der Waals surface area contributed by atoms with Crippen molar-refractivity contribution in [3.63, 3.8) is 0 Å². The first-order chi connectivity index (χ1) is 7.91. The number of hydrazine groups is 1. The average molecular weight is 238 g/mol. The maximum Gasteiger partial charge on any atom is 0.0252 e. The van der Waals surface area contributed by atoms with Gasteiger partial charge in [-0.1, -0.05) is 59.8 Å². The molecule has 0 bridgehead atoms. The van der Waals surface area contributed by atoms with Gasteiger partial charge >= 0.3 is 0 Å². The highest BCUT2D eigenvalue weighted by atomic mass is 15.2. The Hall–Kier alpha value is -0.0800. The summed E-state index contributed by atoms with van der Waals surface area (Å²) in [6.07, 6.45) is 8.43. The molecular weight excluding hydrogens is 208 g/mol. The van der Waals surface area contributed by atoms with E-state index in [4.69, 9.17) is 5.84 Å². The van der Waals surface area contributed by atoms with Crippen molar-refractivity contribution in [1.82, 2.24) is 5.43 Å². The minimum Gasteiger partial charge on any atom is -0.271 e. The Kier molecular flexibility index (Phi) is 3.57. The van der Waals surface area contributed by atoms with Gasteiger partial charge in [-0.3, -0.25) is 11.3 Å². The first-order valence-corrected chi connectivity index (χ1v) is 7.37. The zero-order valence-electron chi connectivity index (χ0n) is 12.1. The zero-order valence-corrected chi connectivity index (χ0v) is 12.1. The van der Waals surface area contributed by atoms with E-state index in [0.29, 0.717) is 16.9 Å². The molecular formula is C15H30N2. The SMILES string of the molecule is CC1(C)C(C(CC2CCCCC2)NN)C1(C)C. The van der Waals surface area contributed by atoms with Gasteiger partial charge in [0.15, 0.2) is 0 Å². The largest absolute Gasteiger partial charge is 0.271 e. The Bertz CT molecular complexity index is 250. The standard InChI is InChI=1S/C15H30N2/c1-14(2)13(15(14,3)4)12(17-16)10-11-8-6-5-7-9-11/h11-13,17H,5-10,16H2,1-4H3. The van der Waals surface area contributed by atoms with E-state index >= 15 is 0 Å². The van der Waals surface area contributed by atoms with E-state index in [-0.39, 0.29) is 0 Å². The van der Waals surface area contributed by atoms with Crippen LogP contribution in [-0.4, -0.2) is 6.04 Å². The molecule has 0 heterocycles. The molecule has 2 saturated carbocycles. The number of nitrogens with two attached hydrogens (primary N) is 1. The molecule has 2 aliphatic rings. The van der Waals surface area contributed by atoms with Crippen LogP contribution < -0.4 is 11.3 Å². The molecule has 0 aromatic heterocycles. The topological polar surface area (TPSA) is 38.0 Å². The van der Waals surface area contributed by atoms with Crippen molar-refractivity contribution < 1.29 is 0 Å². The molecule has 0 radical (unpaired) electrons. The Labute approximate surface area is 107 Å². The summed E-state index contributed by atoms with van der Waals surface area (Å²) in [6, 6.07) is 0.517. The Morgan fingerprint density at radius 1 is 1.06 bits per heavy atom. The molecule has 1 unspecified atom stereocenters. The minimum atomic E-state index is 0.443. The van der Waals surface area contributed by atoms with Crippen LogP contribution in [-0.2, 0) is 0 Å². The van der Waals surface area contributed by atoms with Crippen LogP contribution in [0.15, 0.2) is 0 Å². The molecule has 0 aliphatic heterocycles. The molecule has 2 aliphatic carbocycles. The van der Waals surface area contributed by atoms with Gasteiger partial charge < -0.3 is 0 Å². The number of hydrogen-bond acceptors (Lipinski definition) is 2. The molecule has 3 N–H and O–H groups in total. The summed E-state index contributed by atoms with van der Waals surface area (Å²) in [5.74, 6) is 7.47. The van der Waals surface area contributed by atoms with Gasteiger partial charge in [0.1, 0.15) is 0 Å². The fourth-order valence-corrected chi connectivity index (χ4v) is 4.34. The normalized spacial score (nSPS) is 30.2. The number of hydrogen-bond donors (Lipinski definition) is 2. The molecule has 0 spiro atoms. The fourth-order valence-electron chi connectivity index (χ4n) is 4.34. The first kappa shape index (κ1) is 13.4. The smallest absolute Gasteiger partial charge is 0.0252 e. The highest BCUT2D eigenvalue weighted by Crippen LogP contribution is 2.70. The first-order valence-electron chi connectivity index (χ1n) is 7.37. The van der Waals surface area contributed by atoms with Crippen molar-refractivity contribution >= 4 is 0 Å². The fraction of sp³-hybridized carbons (Fsp3) is 1.00. The summed E-state index contributed by atoms with van der Waals surface area (Å²) < 4.78 is 0. The summed E-state index contributed by atoms with van der Waals surface area (Å²) >= 11 is 0. The molecule has 2 heteroatoms. The van der Waals surface area contributed by atoms with Crippen LogP contribution in [0.4, 0.5) is 0 Å². The van der Waals surface area contributed by atoms with Gasteiger partial charge in [0.2, 0.25) is 0 Å². The molecule has 2 fully saturated rings. The molecule has 100 valence electrons. The van der Waals surface area contributed by atoms with Crippen LogP contribution in [0.5, 0.6) is 0 Å². The highest BCUT2D eigenvalue weighted by Gasteiger charge is 2.66. The lowest BCUT2D eigenvalue weighted by molar-refractivity contribution is 0.268. The molecule has 0 amide bonds.